The average Bonchev–Trinajstić information content (AvgIpc) is 2.73. The average molecular weight is 376 g/mol. The number of benzene rings is 2. The zero-order valence-corrected chi connectivity index (χ0v) is 15.6. The number of methoxy groups -OCH3 is 1. The van der Waals surface area contributed by atoms with Crippen molar-refractivity contribution in [1.82, 2.24) is 0 Å². The molecule has 1 aromatic heterocycles. The third kappa shape index (κ3) is 4.41. The molecule has 0 aliphatic rings. The van der Waals surface area contributed by atoms with Gasteiger partial charge in [0.25, 0.3) is 0 Å². The van der Waals surface area contributed by atoms with Gasteiger partial charge in [-0.1, -0.05) is 0 Å². The Labute approximate surface area is 162 Å². The minimum Gasteiger partial charge on any atom is -0.497 e. The molecule has 0 unspecified atom stereocenters. The van der Waals surface area contributed by atoms with Crippen LogP contribution >= 0.6 is 0 Å². The van der Waals surface area contributed by atoms with Gasteiger partial charge in [-0.15, -0.1) is 12.3 Å². The molecule has 0 saturated carbocycles. The third-order valence-electron chi connectivity index (χ3n) is 4.28. The summed E-state index contributed by atoms with van der Waals surface area (Å²) in [6, 6.07) is 13.3. The van der Waals surface area contributed by atoms with Crippen molar-refractivity contribution in [3.63, 3.8) is 0 Å². The van der Waals surface area contributed by atoms with Crippen molar-refractivity contribution >= 4 is 16.8 Å². The minimum absolute atomic E-state index is 0.0242. The van der Waals surface area contributed by atoms with Crippen LogP contribution in [0.25, 0.3) is 11.0 Å². The normalized spacial score (nSPS) is 10.4. The molecular formula is C23H20O5. The molecule has 5 nitrogen and oxygen atoms in total. The van der Waals surface area contributed by atoms with Crippen LogP contribution in [-0.4, -0.2) is 19.5 Å². The van der Waals surface area contributed by atoms with Crippen molar-refractivity contribution in [2.24, 2.45) is 0 Å². The van der Waals surface area contributed by atoms with Crippen LogP contribution < -0.4 is 15.1 Å². The van der Waals surface area contributed by atoms with Gasteiger partial charge in [0, 0.05) is 17.4 Å². The van der Waals surface area contributed by atoms with Gasteiger partial charge in [0.1, 0.15) is 22.6 Å². The number of unbranched alkanes of at least 4 members (excludes halogenated alkanes) is 2. The van der Waals surface area contributed by atoms with Crippen molar-refractivity contribution in [3.05, 3.63) is 70.1 Å². The summed E-state index contributed by atoms with van der Waals surface area (Å²) in [6.07, 6.45) is 7.71. The summed E-state index contributed by atoms with van der Waals surface area (Å²) in [4.78, 5) is 25.0. The van der Waals surface area contributed by atoms with E-state index in [9.17, 15) is 9.59 Å². The van der Waals surface area contributed by atoms with Crippen LogP contribution in [0.5, 0.6) is 11.5 Å². The molecule has 0 bridgehead atoms. The Morgan fingerprint density at radius 2 is 1.82 bits per heavy atom. The Morgan fingerprint density at radius 3 is 2.54 bits per heavy atom. The second-order valence-electron chi connectivity index (χ2n) is 6.21. The Kier molecular flexibility index (Phi) is 6.13. The fourth-order valence-electron chi connectivity index (χ4n) is 2.77. The Balaban J connectivity index is 1.84. The molecule has 28 heavy (non-hydrogen) atoms. The lowest BCUT2D eigenvalue weighted by Crippen LogP contribution is -2.14. The number of carbonyl (C=O) groups excluding carboxylic acids is 1. The highest BCUT2D eigenvalue weighted by molar-refractivity contribution is 6.09. The van der Waals surface area contributed by atoms with Gasteiger partial charge in [-0.05, 0) is 61.4 Å². The van der Waals surface area contributed by atoms with Gasteiger partial charge in [-0.25, -0.2) is 4.79 Å². The largest absolute Gasteiger partial charge is 0.497 e. The van der Waals surface area contributed by atoms with Gasteiger partial charge in [-0.2, -0.15) is 0 Å². The van der Waals surface area contributed by atoms with E-state index in [0.717, 1.165) is 19.3 Å². The van der Waals surface area contributed by atoms with E-state index in [1.54, 1.807) is 55.6 Å². The standard InChI is InChI=1S/C23H20O5/c1-3-4-5-6-13-27-19-11-12-21-17(14-19)15-20(23(25)28-21)22(24)16-7-9-18(26-2)10-8-16/h1,7-12,14-15H,4-6,13H2,2H3. The molecule has 3 rings (SSSR count). The molecule has 5 heteroatoms. The maximum atomic E-state index is 12.7. The van der Waals surface area contributed by atoms with Crippen LogP contribution in [0.1, 0.15) is 35.2 Å². The Morgan fingerprint density at radius 1 is 1.07 bits per heavy atom. The summed E-state index contributed by atoms with van der Waals surface area (Å²) in [7, 11) is 1.55. The fraction of sp³-hybridized carbons (Fsp3) is 0.217. The molecule has 0 spiro atoms. The predicted octanol–water partition coefficient (Wildman–Crippen LogP) is 4.21. The van der Waals surface area contributed by atoms with Crippen LogP contribution in [0.3, 0.4) is 0 Å². The topological polar surface area (TPSA) is 65.7 Å². The number of hydrogen-bond acceptors (Lipinski definition) is 5. The predicted molar refractivity (Wildman–Crippen MR) is 107 cm³/mol. The summed E-state index contributed by atoms with van der Waals surface area (Å²) >= 11 is 0. The zero-order valence-electron chi connectivity index (χ0n) is 15.6. The first kappa shape index (κ1) is 19.2. The maximum Gasteiger partial charge on any atom is 0.347 e. The first-order chi connectivity index (χ1) is 13.6. The van der Waals surface area contributed by atoms with Gasteiger partial charge in [0.2, 0.25) is 0 Å². The molecule has 2 aromatic carbocycles. The van der Waals surface area contributed by atoms with Gasteiger partial charge in [0.15, 0.2) is 5.78 Å². The van der Waals surface area contributed by atoms with Crippen LogP contribution in [0, 0.1) is 12.3 Å². The molecule has 0 radical (unpaired) electrons. The molecule has 0 aliphatic heterocycles. The smallest absolute Gasteiger partial charge is 0.347 e. The van der Waals surface area contributed by atoms with E-state index < -0.39 is 11.4 Å². The van der Waals surface area contributed by atoms with Gasteiger partial charge < -0.3 is 13.9 Å². The van der Waals surface area contributed by atoms with Crippen molar-refractivity contribution < 1.29 is 18.7 Å². The van der Waals surface area contributed by atoms with E-state index in [1.165, 1.54) is 0 Å². The minimum atomic E-state index is -0.670. The second kappa shape index (κ2) is 8.92. The number of ketones is 1. The molecule has 0 atom stereocenters. The van der Waals surface area contributed by atoms with E-state index in [-0.39, 0.29) is 5.56 Å². The zero-order chi connectivity index (χ0) is 19.9. The van der Waals surface area contributed by atoms with Crippen LogP contribution in [-0.2, 0) is 0 Å². The number of fused-ring (bicyclic) bond motifs is 1. The summed E-state index contributed by atoms with van der Waals surface area (Å²) in [5.41, 5.74) is 0.0874. The van der Waals surface area contributed by atoms with Gasteiger partial charge >= 0.3 is 5.63 Å². The van der Waals surface area contributed by atoms with Crippen molar-refractivity contribution in [2.45, 2.75) is 19.3 Å². The third-order valence-corrected chi connectivity index (χ3v) is 4.28. The summed E-state index contributed by atoms with van der Waals surface area (Å²) in [5, 5.41) is 0.623. The number of terminal acetylenes is 1. The summed E-state index contributed by atoms with van der Waals surface area (Å²) < 4.78 is 16.1. The fourth-order valence-corrected chi connectivity index (χ4v) is 2.77. The van der Waals surface area contributed by atoms with E-state index in [0.29, 0.717) is 34.6 Å². The summed E-state index contributed by atoms with van der Waals surface area (Å²) in [6.45, 7) is 0.543. The van der Waals surface area contributed by atoms with Gasteiger partial charge in [-0.3, -0.25) is 4.79 Å². The maximum absolute atomic E-state index is 12.7. The van der Waals surface area contributed by atoms with Crippen LogP contribution in [0.15, 0.2) is 57.7 Å². The van der Waals surface area contributed by atoms with E-state index in [4.69, 9.17) is 20.3 Å². The van der Waals surface area contributed by atoms with Crippen molar-refractivity contribution in [2.75, 3.05) is 13.7 Å². The molecular weight excluding hydrogens is 356 g/mol. The highest BCUT2D eigenvalue weighted by atomic mass is 16.5. The quantitative estimate of drug-likeness (QED) is 0.255. The lowest BCUT2D eigenvalue weighted by Gasteiger charge is -2.07. The van der Waals surface area contributed by atoms with E-state index in [2.05, 4.69) is 5.92 Å². The molecule has 142 valence electrons. The molecule has 0 aliphatic carbocycles. The lowest BCUT2D eigenvalue weighted by molar-refractivity contribution is 0.103. The van der Waals surface area contributed by atoms with E-state index >= 15 is 0 Å². The first-order valence-corrected chi connectivity index (χ1v) is 8.95. The second-order valence-corrected chi connectivity index (χ2v) is 6.21. The summed E-state index contributed by atoms with van der Waals surface area (Å²) in [5.74, 6) is 3.47. The van der Waals surface area contributed by atoms with Crippen LogP contribution in [0.4, 0.5) is 0 Å². The SMILES string of the molecule is C#CCCCCOc1ccc2oc(=O)c(C(=O)c3ccc(OC)cc3)cc2c1. The van der Waals surface area contributed by atoms with E-state index in [1.807, 2.05) is 0 Å². The Bertz CT molecular complexity index is 1070. The number of hydrogen-bond donors (Lipinski definition) is 0. The molecule has 0 saturated heterocycles. The van der Waals surface area contributed by atoms with Gasteiger partial charge in [0.05, 0.1) is 13.7 Å². The molecule has 0 amide bonds. The highest BCUT2D eigenvalue weighted by Crippen LogP contribution is 2.22. The molecule has 1 heterocycles. The van der Waals surface area contributed by atoms with Crippen molar-refractivity contribution in [1.29, 1.82) is 0 Å². The number of rotatable bonds is 8. The first-order valence-electron chi connectivity index (χ1n) is 8.95. The monoisotopic (exact) mass is 376 g/mol. The van der Waals surface area contributed by atoms with Crippen molar-refractivity contribution in [3.8, 4) is 23.8 Å². The number of carbonyl (C=O) groups is 1. The molecule has 3 aromatic rings. The molecule has 0 N–H and O–H groups in total. The number of ether oxygens (including phenoxy) is 2. The highest BCUT2D eigenvalue weighted by Gasteiger charge is 2.16. The molecule has 0 fully saturated rings. The van der Waals surface area contributed by atoms with Crippen LogP contribution in [0.2, 0.25) is 0 Å². The Hall–Kier alpha value is -3.52. The lowest BCUT2D eigenvalue weighted by atomic mass is 10.0.